The number of alkyl halides is 1. The van der Waals surface area contributed by atoms with Gasteiger partial charge in [0.05, 0.1) is 17.8 Å². The highest BCUT2D eigenvalue weighted by Crippen LogP contribution is 2.59. The van der Waals surface area contributed by atoms with Crippen molar-refractivity contribution in [2.24, 2.45) is 23.2 Å². The lowest BCUT2D eigenvalue weighted by molar-refractivity contribution is -0.0389. The van der Waals surface area contributed by atoms with Gasteiger partial charge in [-0.1, -0.05) is 44.2 Å². The number of rotatable bonds is 5. The summed E-state index contributed by atoms with van der Waals surface area (Å²) in [6, 6.07) is 0. The maximum atomic E-state index is 14.9. The molecular formula is C28H43FO3. The van der Waals surface area contributed by atoms with Gasteiger partial charge in [-0.25, -0.2) is 4.39 Å². The number of fused-ring (bicyclic) bond motifs is 1. The van der Waals surface area contributed by atoms with E-state index in [4.69, 9.17) is 0 Å². The molecule has 0 aliphatic heterocycles. The number of hydrogen-bond acceptors (Lipinski definition) is 3. The summed E-state index contributed by atoms with van der Waals surface area (Å²) in [6.45, 7) is 13.1. The van der Waals surface area contributed by atoms with E-state index in [9.17, 15) is 19.7 Å². The van der Waals surface area contributed by atoms with Crippen LogP contribution in [0.25, 0.3) is 0 Å². The number of aliphatic hydroxyl groups excluding tert-OH is 2. The second kappa shape index (κ2) is 9.19. The normalized spacial score (nSPS) is 39.5. The molecule has 3 aliphatic carbocycles. The molecule has 0 bridgehead atoms. The number of allylic oxidation sites excluding steroid dienone is 4. The summed E-state index contributed by atoms with van der Waals surface area (Å²) in [7, 11) is 0. The van der Waals surface area contributed by atoms with E-state index >= 15 is 0 Å². The molecule has 3 rings (SSSR count). The average Bonchev–Trinajstić information content (AvgIpc) is 3.04. The van der Waals surface area contributed by atoms with Crippen molar-refractivity contribution in [1.82, 2.24) is 0 Å². The highest BCUT2D eigenvalue weighted by molar-refractivity contribution is 5.38. The van der Waals surface area contributed by atoms with Gasteiger partial charge in [0.15, 0.2) is 5.67 Å². The van der Waals surface area contributed by atoms with Crippen LogP contribution in [0.3, 0.4) is 0 Å². The van der Waals surface area contributed by atoms with Gasteiger partial charge in [0.25, 0.3) is 0 Å². The molecule has 3 nitrogen and oxygen atoms in total. The van der Waals surface area contributed by atoms with Crippen molar-refractivity contribution < 1.29 is 19.7 Å². The molecule has 0 aromatic carbocycles. The predicted molar refractivity (Wildman–Crippen MR) is 129 cm³/mol. The first kappa shape index (κ1) is 25.4. The van der Waals surface area contributed by atoms with E-state index in [0.29, 0.717) is 24.7 Å². The molecule has 180 valence electrons. The third kappa shape index (κ3) is 4.98. The third-order valence-corrected chi connectivity index (χ3v) is 8.85. The molecule has 0 heterocycles. The molecular weight excluding hydrogens is 403 g/mol. The Hall–Kier alpha value is -1.23. The lowest BCUT2D eigenvalue weighted by Crippen LogP contribution is -2.42. The van der Waals surface area contributed by atoms with Crippen LogP contribution in [-0.2, 0) is 0 Å². The fourth-order valence-corrected chi connectivity index (χ4v) is 6.28. The highest BCUT2D eigenvalue weighted by atomic mass is 19.1. The Labute approximate surface area is 193 Å². The van der Waals surface area contributed by atoms with Crippen molar-refractivity contribution in [2.45, 2.75) is 103 Å². The van der Waals surface area contributed by atoms with Crippen LogP contribution in [0.1, 0.15) is 79.6 Å². The zero-order chi connectivity index (χ0) is 23.9. The Kier molecular flexibility index (Phi) is 7.30. The Balaban J connectivity index is 1.78. The zero-order valence-corrected chi connectivity index (χ0v) is 20.6. The van der Waals surface area contributed by atoms with Gasteiger partial charge in [0.2, 0.25) is 0 Å². The minimum absolute atomic E-state index is 0.177. The van der Waals surface area contributed by atoms with Crippen LogP contribution < -0.4 is 0 Å². The third-order valence-electron chi connectivity index (χ3n) is 8.85. The van der Waals surface area contributed by atoms with Crippen molar-refractivity contribution in [3.8, 4) is 0 Å². The maximum Gasteiger partial charge on any atom is 0.154 e. The smallest absolute Gasteiger partial charge is 0.154 e. The highest BCUT2D eigenvalue weighted by Gasteiger charge is 2.50. The summed E-state index contributed by atoms with van der Waals surface area (Å²) in [5.74, 6) is 1.22. The zero-order valence-electron chi connectivity index (χ0n) is 20.6. The largest absolute Gasteiger partial charge is 0.393 e. The van der Waals surface area contributed by atoms with Gasteiger partial charge in [-0.2, -0.15) is 0 Å². The van der Waals surface area contributed by atoms with E-state index in [0.717, 1.165) is 36.8 Å². The lowest BCUT2D eigenvalue weighted by atomic mass is 9.61. The molecule has 0 unspecified atom stereocenters. The van der Waals surface area contributed by atoms with Gasteiger partial charge in [-0.3, -0.25) is 0 Å². The summed E-state index contributed by atoms with van der Waals surface area (Å²) < 4.78 is 14.9. The summed E-state index contributed by atoms with van der Waals surface area (Å²) >= 11 is 0. The van der Waals surface area contributed by atoms with Crippen molar-refractivity contribution >= 4 is 0 Å². The summed E-state index contributed by atoms with van der Waals surface area (Å²) in [4.78, 5) is 0. The fourth-order valence-electron chi connectivity index (χ4n) is 6.28. The molecule has 3 aliphatic rings. The Morgan fingerprint density at radius 1 is 1.19 bits per heavy atom. The number of halogens is 1. The number of aliphatic hydroxyl groups is 3. The Morgan fingerprint density at radius 3 is 2.53 bits per heavy atom. The van der Waals surface area contributed by atoms with E-state index in [1.807, 2.05) is 6.08 Å². The molecule has 0 aromatic rings. The van der Waals surface area contributed by atoms with Gasteiger partial charge < -0.3 is 15.3 Å². The van der Waals surface area contributed by atoms with E-state index in [1.165, 1.54) is 32.8 Å². The average molecular weight is 447 g/mol. The van der Waals surface area contributed by atoms with Gasteiger partial charge in [-0.15, -0.1) is 0 Å². The molecule has 0 saturated heterocycles. The molecule has 3 saturated carbocycles. The number of hydrogen-bond donors (Lipinski definition) is 3. The quantitative estimate of drug-likeness (QED) is 0.467. The van der Waals surface area contributed by atoms with Gasteiger partial charge >= 0.3 is 0 Å². The minimum Gasteiger partial charge on any atom is -0.393 e. The molecule has 0 spiro atoms. The lowest BCUT2D eigenvalue weighted by Gasteiger charge is -2.44. The SMILES string of the molecule is C=C1/C(=C\C=C2/CCC[C@]3(C)[C@@H]([C@H](C)/C=C/[C@@](C)(F)C(C)(C)O)CC[C@@H]23)C[C@@H](O)C[C@@H]1O. The summed E-state index contributed by atoms with van der Waals surface area (Å²) in [5.41, 5.74) is 0.145. The standard InChI is InChI=1S/C28H43FO3/c1-18(13-15-28(6,29)26(3,4)32)23-11-12-24-20(8-7-14-27(23,24)5)9-10-21-16-22(30)17-25(31)19(21)2/h9-10,13,15,18,22-25,30-32H,2,7-8,11-12,14,16-17H2,1,3-6H3/b15-13+,20-9+,21-10-/t18-,22-,23-,24+,25+,27-,28-/m1/s1. The second-order valence-electron chi connectivity index (χ2n) is 11.5. The van der Waals surface area contributed by atoms with E-state index < -0.39 is 23.5 Å². The monoisotopic (exact) mass is 446 g/mol. The topological polar surface area (TPSA) is 60.7 Å². The first-order chi connectivity index (χ1) is 14.8. The van der Waals surface area contributed by atoms with Crippen LogP contribution in [0, 0.1) is 23.2 Å². The molecule has 0 amide bonds. The van der Waals surface area contributed by atoms with E-state index in [2.05, 4.69) is 32.6 Å². The molecule has 7 atom stereocenters. The molecule has 3 fully saturated rings. The van der Waals surface area contributed by atoms with Crippen LogP contribution in [0.15, 0.2) is 47.6 Å². The second-order valence-corrected chi connectivity index (χ2v) is 11.5. The molecule has 32 heavy (non-hydrogen) atoms. The van der Waals surface area contributed by atoms with Crippen LogP contribution in [0.4, 0.5) is 4.39 Å². The predicted octanol–water partition coefficient (Wildman–Crippen LogP) is 5.82. The van der Waals surface area contributed by atoms with Gasteiger partial charge in [0.1, 0.15) is 0 Å². The van der Waals surface area contributed by atoms with Crippen LogP contribution >= 0.6 is 0 Å². The Morgan fingerprint density at radius 2 is 1.88 bits per heavy atom. The first-order valence-electron chi connectivity index (χ1n) is 12.3. The van der Waals surface area contributed by atoms with Crippen molar-refractivity contribution in [2.75, 3.05) is 0 Å². The fraction of sp³-hybridized carbons (Fsp3) is 0.714. The van der Waals surface area contributed by atoms with Crippen LogP contribution in [0.2, 0.25) is 0 Å². The maximum absolute atomic E-state index is 14.9. The van der Waals surface area contributed by atoms with Crippen molar-refractivity contribution in [3.63, 3.8) is 0 Å². The molecule has 0 radical (unpaired) electrons. The molecule has 4 heteroatoms. The van der Waals surface area contributed by atoms with Crippen LogP contribution in [0.5, 0.6) is 0 Å². The van der Waals surface area contributed by atoms with Crippen LogP contribution in [-0.4, -0.2) is 38.8 Å². The molecule has 3 N–H and O–H groups in total. The first-order valence-corrected chi connectivity index (χ1v) is 12.3. The molecule has 0 aromatic heterocycles. The summed E-state index contributed by atoms with van der Waals surface area (Å²) in [5, 5.41) is 30.3. The van der Waals surface area contributed by atoms with Crippen molar-refractivity contribution in [1.29, 1.82) is 0 Å². The van der Waals surface area contributed by atoms with Crippen molar-refractivity contribution in [3.05, 3.63) is 47.6 Å². The Bertz CT molecular complexity index is 800. The minimum atomic E-state index is -1.76. The van der Waals surface area contributed by atoms with E-state index in [1.54, 1.807) is 6.08 Å². The van der Waals surface area contributed by atoms with E-state index in [-0.39, 0.29) is 11.3 Å². The summed E-state index contributed by atoms with van der Waals surface area (Å²) in [6.07, 6.45) is 13.2. The van der Waals surface area contributed by atoms with Gasteiger partial charge in [-0.05, 0) is 99.7 Å². The van der Waals surface area contributed by atoms with Gasteiger partial charge in [0, 0.05) is 6.42 Å².